The van der Waals surface area contributed by atoms with Gasteiger partial charge < -0.3 is 5.73 Å². The highest BCUT2D eigenvalue weighted by Crippen LogP contribution is 2.25. The maximum Gasteiger partial charge on any atom is 0.187 e. The van der Waals surface area contributed by atoms with Crippen LogP contribution in [0.3, 0.4) is 0 Å². The number of anilines is 1. The van der Waals surface area contributed by atoms with Crippen LogP contribution in [0.5, 0.6) is 0 Å². The van der Waals surface area contributed by atoms with Crippen molar-refractivity contribution in [2.24, 2.45) is 0 Å². The summed E-state index contributed by atoms with van der Waals surface area (Å²) in [6.45, 7) is 3.77. The molecule has 0 amide bonds. The van der Waals surface area contributed by atoms with Gasteiger partial charge in [-0.1, -0.05) is 0 Å². The standard InChI is InChI=1S/C15H14FN5/c1-9-8-12(17)4-5-13(9)15-18-19-20-21(15)14-6-3-11(16)7-10(14)2/h3-8H,17H2,1-2H3. The topological polar surface area (TPSA) is 69.6 Å². The molecule has 0 unspecified atom stereocenters. The smallest absolute Gasteiger partial charge is 0.187 e. The molecule has 6 heteroatoms. The van der Waals surface area contributed by atoms with E-state index in [1.165, 1.54) is 12.1 Å². The Morgan fingerprint density at radius 3 is 2.57 bits per heavy atom. The molecule has 1 aromatic heterocycles. The summed E-state index contributed by atoms with van der Waals surface area (Å²) < 4.78 is 14.9. The van der Waals surface area contributed by atoms with Gasteiger partial charge in [0.05, 0.1) is 5.69 Å². The molecule has 0 aliphatic heterocycles. The summed E-state index contributed by atoms with van der Waals surface area (Å²) in [5.74, 6) is 0.316. The van der Waals surface area contributed by atoms with Crippen LogP contribution in [0.25, 0.3) is 17.1 Å². The molecule has 0 aliphatic carbocycles. The van der Waals surface area contributed by atoms with Crippen LogP contribution in [0.1, 0.15) is 11.1 Å². The zero-order valence-corrected chi connectivity index (χ0v) is 11.7. The van der Waals surface area contributed by atoms with E-state index in [0.717, 1.165) is 22.4 Å². The maximum absolute atomic E-state index is 13.2. The van der Waals surface area contributed by atoms with E-state index in [4.69, 9.17) is 5.73 Å². The molecular formula is C15H14FN5. The number of tetrazole rings is 1. The van der Waals surface area contributed by atoms with Crippen molar-refractivity contribution in [3.05, 3.63) is 53.3 Å². The second kappa shape index (κ2) is 4.97. The third-order valence-electron chi connectivity index (χ3n) is 3.35. The fourth-order valence-electron chi connectivity index (χ4n) is 2.31. The minimum Gasteiger partial charge on any atom is -0.399 e. The number of nitrogen functional groups attached to an aromatic ring is 1. The lowest BCUT2D eigenvalue weighted by atomic mass is 10.1. The lowest BCUT2D eigenvalue weighted by Crippen LogP contribution is -2.03. The zero-order chi connectivity index (χ0) is 15.0. The Hall–Kier alpha value is -2.76. The highest BCUT2D eigenvalue weighted by molar-refractivity contribution is 5.65. The van der Waals surface area contributed by atoms with Gasteiger partial charge >= 0.3 is 0 Å². The first-order chi connectivity index (χ1) is 10.1. The molecule has 0 radical (unpaired) electrons. The van der Waals surface area contributed by atoms with Gasteiger partial charge in [-0.3, -0.25) is 0 Å². The van der Waals surface area contributed by atoms with Crippen molar-refractivity contribution < 1.29 is 4.39 Å². The average Bonchev–Trinajstić information content (AvgIpc) is 2.87. The van der Waals surface area contributed by atoms with E-state index in [2.05, 4.69) is 15.5 Å². The van der Waals surface area contributed by atoms with Crippen molar-refractivity contribution >= 4 is 5.69 Å². The third kappa shape index (κ3) is 2.35. The van der Waals surface area contributed by atoms with Gasteiger partial charge in [0.1, 0.15) is 5.82 Å². The van der Waals surface area contributed by atoms with Crippen LogP contribution in [0.15, 0.2) is 36.4 Å². The molecule has 0 spiro atoms. The Balaban J connectivity index is 2.17. The number of aryl methyl sites for hydroxylation is 2. The first kappa shape index (κ1) is 13.2. The van der Waals surface area contributed by atoms with Crippen LogP contribution in [-0.2, 0) is 0 Å². The molecular weight excluding hydrogens is 269 g/mol. The summed E-state index contributed by atoms with van der Waals surface area (Å²) in [6, 6.07) is 10.1. The predicted octanol–water partition coefficient (Wildman–Crippen LogP) is 2.67. The Morgan fingerprint density at radius 1 is 1.05 bits per heavy atom. The number of nitrogens with zero attached hydrogens (tertiary/aromatic N) is 4. The molecule has 0 saturated heterocycles. The Labute approximate surface area is 121 Å². The number of hydrogen-bond donors (Lipinski definition) is 1. The number of benzene rings is 2. The molecule has 2 N–H and O–H groups in total. The van der Waals surface area contributed by atoms with E-state index in [1.54, 1.807) is 16.8 Å². The van der Waals surface area contributed by atoms with Crippen LogP contribution < -0.4 is 5.73 Å². The highest BCUT2D eigenvalue weighted by atomic mass is 19.1. The van der Waals surface area contributed by atoms with Gasteiger partial charge in [-0.25, -0.2) is 4.39 Å². The Morgan fingerprint density at radius 2 is 1.86 bits per heavy atom. The molecule has 0 saturated carbocycles. The van der Waals surface area contributed by atoms with Crippen LogP contribution in [-0.4, -0.2) is 20.2 Å². The summed E-state index contributed by atoms with van der Waals surface area (Å²) in [7, 11) is 0. The second-order valence-electron chi connectivity index (χ2n) is 4.92. The number of halogens is 1. The first-order valence-electron chi connectivity index (χ1n) is 6.47. The minimum atomic E-state index is -0.283. The predicted molar refractivity (Wildman–Crippen MR) is 78.4 cm³/mol. The lowest BCUT2D eigenvalue weighted by Gasteiger charge is -2.10. The van der Waals surface area contributed by atoms with Crippen LogP contribution in [0, 0.1) is 19.7 Å². The Bertz CT molecular complexity index is 744. The molecule has 0 fully saturated rings. The van der Waals surface area contributed by atoms with E-state index in [-0.39, 0.29) is 5.82 Å². The van der Waals surface area contributed by atoms with E-state index in [0.29, 0.717) is 11.5 Å². The maximum atomic E-state index is 13.2. The van der Waals surface area contributed by atoms with Gasteiger partial charge in [0.25, 0.3) is 0 Å². The van der Waals surface area contributed by atoms with Crippen LogP contribution >= 0.6 is 0 Å². The monoisotopic (exact) mass is 283 g/mol. The van der Waals surface area contributed by atoms with Crippen molar-refractivity contribution in [3.8, 4) is 17.1 Å². The van der Waals surface area contributed by atoms with Gasteiger partial charge in [0, 0.05) is 11.3 Å². The van der Waals surface area contributed by atoms with Gasteiger partial charge in [-0.2, -0.15) is 4.68 Å². The van der Waals surface area contributed by atoms with E-state index < -0.39 is 0 Å². The molecule has 2 aromatic carbocycles. The first-order valence-corrected chi connectivity index (χ1v) is 6.47. The highest BCUT2D eigenvalue weighted by Gasteiger charge is 2.14. The number of aromatic nitrogens is 4. The quantitative estimate of drug-likeness (QED) is 0.734. The van der Waals surface area contributed by atoms with Crippen molar-refractivity contribution in [1.82, 2.24) is 20.2 Å². The molecule has 0 bridgehead atoms. The minimum absolute atomic E-state index is 0.283. The SMILES string of the molecule is Cc1cc(N)ccc1-c1nnnn1-c1ccc(F)cc1C. The molecule has 0 aliphatic rings. The normalized spacial score (nSPS) is 10.8. The summed E-state index contributed by atoms with van der Waals surface area (Å²) in [5, 5.41) is 11.8. The molecule has 1 heterocycles. The Kier molecular flexibility index (Phi) is 3.13. The second-order valence-corrected chi connectivity index (χ2v) is 4.92. The van der Waals surface area contributed by atoms with E-state index >= 15 is 0 Å². The fourth-order valence-corrected chi connectivity index (χ4v) is 2.31. The van der Waals surface area contributed by atoms with Crippen LogP contribution in [0.2, 0.25) is 0 Å². The van der Waals surface area contributed by atoms with Crippen molar-refractivity contribution in [1.29, 1.82) is 0 Å². The summed E-state index contributed by atoms with van der Waals surface area (Å²) in [6.07, 6.45) is 0. The summed E-state index contributed by atoms with van der Waals surface area (Å²) in [5.41, 5.74) is 9.83. The fraction of sp³-hybridized carbons (Fsp3) is 0.133. The molecule has 3 aromatic rings. The third-order valence-corrected chi connectivity index (χ3v) is 3.35. The van der Waals surface area contributed by atoms with Gasteiger partial charge in [0.15, 0.2) is 5.82 Å². The van der Waals surface area contributed by atoms with E-state index in [9.17, 15) is 4.39 Å². The van der Waals surface area contributed by atoms with Crippen molar-refractivity contribution in [2.75, 3.05) is 5.73 Å². The van der Waals surface area contributed by atoms with Gasteiger partial charge in [-0.05, 0) is 71.8 Å². The molecule has 3 rings (SSSR count). The van der Waals surface area contributed by atoms with E-state index in [1.807, 2.05) is 26.0 Å². The summed E-state index contributed by atoms with van der Waals surface area (Å²) in [4.78, 5) is 0. The van der Waals surface area contributed by atoms with Gasteiger partial charge in [-0.15, -0.1) is 5.10 Å². The number of nitrogens with two attached hydrogens (primary N) is 1. The molecule has 5 nitrogen and oxygen atoms in total. The number of hydrogen-bond acceptors (Lipinski definition) is 4. The lowest BCUT2D eigenvalue weighted by molar-refractivity contribution is 0.625. The van der Waals surface area contributed by atoms with Crippen molar-refractivity contribution in [3.63, 3.8) is 0 Å². The average molecular weight is 283 g/mol. The van der Waals surface area contributed by atoms with Crippen molar-refractivity contribution in [2.45, 2.75) is 13.8 Å². The molecule has 106 valence electrons. The van der Waals surface area contributed by atoms with Crippen LogP contribution in [0.4, 0.5) is 10.1 Å². The number of rotatable bonds is 2. The summed E-state index contributed by atoms with van der Waals surface area (Å²) >= 11 is 0. The van der Waals surface area contributed by atoms with Gasteiger partial charge in [0.2, 0.25) is 0 Å². The zero-order valence-electron chi connectivity index (χ0n) is 11.7. The molecule has 21 heavy (non-hydrogen) atoms. The largest absolute Gasteiger partial charge is 0.399 e. The molecule has 0 atom stereocenters.